The maximum absolute atomic E-state index is 5.64. The van der Waals surface area contributed by atoms with Crippen LogP contribution in [0.15, 0.2) is 12.1 Å². The van der Waals surface area contributed by atoms with E-state index in [1.807, 2.05) is 0 Å². The Morgan fingerprint density at radius 2 is 1.78 bits per heavy atom. The van der Waals surface area contributed by atoms with Gasteiger partial charge in [0.05, 0.1) is 14.2 Å². The minimum absolute atomic E-state index is 0.626. The number of benzene rings is 1. The Hall–Kier alpha value is -1.22. The molecule has 0 spiro atoms. The first kappa shape index (κ1) is 13.2. The van der Waals surface area contributed by atoms with Crippen LogP contribution in [0.3, 0.4) is 0 Å². The van der Waals surface area contributed by atoms with Gasteiger partial charge in [-0.1, -0.05) is 12.8 Å². The molecule has 1 saturated carbocycles. The third-order valence-electron chi connectivity index (χ3n) is 3.84. The van der Waals surface area contributed by atoms with Gasteiger partial charge in [-0.3, -0.25) is 0 Å². The highest BCUT2D eigenvalue weighted by Gasteiger charge is 2.22. The summed E-state index contributed by atoms with van der Waals surface area (Å²) in [6.45, 7) is 0.627. The molecule has 0 unspecified atom stereocenters. The Labute approximate surface area is 109 Å². The second-order valence-corrected chi connectivity index (χ2v) is 4.93. The van der Waals surface area contributed by atoms with E-state index in [4.69, 9.17) is 15.2 Å². The number of hydrogen-bond acceptors (Lipinski definition) is 3. The molecule has 1 fully saturated rings. The summed E-state index contributed by atoms with van der Waals surface area (Å²) < 4.78 is 11.0. The highest BCUT2D eigenvalue weighted by Crippen LogP contribution is 2.41. The zero-order chi connectivity index (χ0) is 13.0. The number of nitrogens with two attached hydrogens (primary N) is 1. The maximum Gasteiger partial charge on any atom is 0.122 e. The predicted molar refractivity (Wildman–Crippen MR) is 73.5 cm³/mol. The van der Waals surface area contributed by atoms with Crippen LogP contribution in [0.2, 0.25) is 0 Å². The average molecular weight is 249 g/mol. The van der Waals surface area contributed by atoms with Gasteiger partial charge in [0.25, 0.3) is 0 Å². The number of ether oxygens (including phenoxy) is 2. The zero-order valence-electron chi connectivity index (χ0n) is 11.4. The fourth-order valence-electron chi connectivity index (χ4n) is 2.89. The number of methoxy groups -OCH3 is 2. The van der Waals surface area contributed by atoms with E-state index in [0.717, 1.165) is 23.5 Å². The molecule has 1 aromatic carbocycles. The van der Waals surface area contributed by atoms with Gasteiger partial charge >= 0.3 is 0 Å². The lowest BCUT2D eigenvalue weighted by atomic mass is 9.94. The molecule has 0 heterocycles. The van der Waals surface area contributed by atoms with Crippen LogP contribution < -0.4 is 15.2 Å². The minimum atomic E-state index is 0.626. The molecule has 1 aromatic rings. The summed E-state index contributed by atoms with van der Waals surface area (Å²) in [6, 6.07) is 4.25. The molecule has 3 heteroatoms. The topological polar surface area (TPSA) is 44.5 Å². The van der Waals surface area contributed by atoms with Crippen LogP contribution in [0.1, 0.15) is 42.7 Å². The van der Waals surface area contributed by atoms with Crippen molar-refractivity contribution >= 4 is 0 Å². The normalized spacial score (nSPS) is 15.9. The van der Waals surface area contributed by atoms with Crippen molar-refractivity contribution in [1.82, 2.24) is 0 Å². The SMILES string of the molecule is COc1cc(C2CCCC2)c(OC)cc1CCN. The van der Waals surface area contributed by atoms with Crippen LogP contribution >= 0.6 is 0 Å². The van der Waals surface area contributed by atoms with Crippen LogP contribution in [0.5, 0.6) is 11.5 Å². The lowest BCUT2D eigenvalue weighted by Gasteiger charge is -2.18. The third kappa shape index (κ3) is 2.61. The second kappa shape index (κ2) is 6.10. The van der Waals surface area contributed by atoms with E-state index in [0.29, 0.717) is 12.5 Å². The molecule has 3 nitrogen and oxygen atoms in total. The molecule has 100 valence electrons. The first-order valence-corrected chi connectivity index (χ1v) is 6.75. The van der Waals surface area contributed by atoms with E-state index in [9.17, 15) is 0 Å². The maximum atomic E-state index is 5.64. The van der Waals surface area contributed by atoms with Gasteiger partial charge in [0.2, 0.25) is 0 Å². The number of hydrogen-bond donors (Lipinski definition) is 1. The smallest absolute Gasteiger partial charge is 0.122 e. The minimum Gasteiger partial charge on any atom is -0.496 e. The van der Waals surface area contributed by atoms with E-state index in [1.54, 1.807) is 14.2 Å². The largest absolute Gasteiger partial charge is 0.496 e. The first-order chi connectivity index (χ1) is 8.80. The van der Waals surface area contributed by atoms with Crippen LogP contribution in [0, 0.1) is 0 Å². The predicted octanol–water partition coefficient (Wildman–Crippen LogP) is 2.86. The zero-order valence-corrected chi connectivity index (χ0v) is 11.4. The summed E-state index contributed by atoms with van der Waals surface area (Å²) in [4.78, 5) is 0. The van der Waals surface area contributed by atoms with Gasteiger partial charge in [-0.2, -0.15) is 0 Å². The molecule has 1 aliphatic carbocycles. The molecule has 0 aromatic heterocycles. The van der Waals surface area contributed by atoms with Crippen molar-refractivity contribution in [1.29, 1.82) is 0 Å². The third-order valence-corrected chi connectivity index (χ3v) is 3.84. The first-order valence-electron chi connectivity index (χ1n) is 6.75. The quantitative estimate of drug-likeness (QED) is 0.872. The Kier molecular flexibility index (Phi) is 4.48. The Bertz CT molecular complexity index is 398. The summed E-state index contributed by atoms with van der Waals surface area (Å²) in [7, 11) is 3.47. The van der Waals surface area contributed by atoms with Gasteiger partial charge in [0.1, 0.15) is 11.5 Å². The van der Waals surface area contributed by atoms with Crippen molar-refractivity contribution < 1.29 is 9.47 Å². The van der Waals surface area contributed by atoms with Gasteiger partial charge in [0, 0.05) is 5.56 Å². The van der Waals surface area contributed by atoms with Gasteiger partial charge < -0.3 is 15.2 Å². The molecule has 0 saturated heterocycles. The van der Waals surface area contributed by atoms with Crippen LogP contribution in [-0.4, -0.2) is 20.8 Å². The molecule has 2 rings (SSSR count). The van der Waals surface area contributed by atoms with E-state index in [1.165, 1.54) is 31.2 Å². The van der Waals surface area contributed by atoms with Gasteiger partial charge in [-0.15, -0.1) is 0 Å². The molecule has 0 atom stereocenters. The van der Waals surface area contributed by atoms with Crippen LogP contribution in [0.25, 0.3) is 0 Å². The van der Waals surface area contributed by atoms with Crippen molar-refractivity contribution in [2.24, 2.45) is 5.73 Å². The lowest BCUT2D eigenvalue weighted by molar-refractivity contribution is 0.391. The summed E-state index contributed by atoms with van der Waals surface area (Å²) in [5, 5.41) is 0. The van der Waals surface area contributed by atoms with Crippen LogP contribution in [-0.2, 0) is 6.42 Å². The molecule has 18 heavy (non-hydrogen) atoms. The van der Waals surface area contributed by atoms with E-state index in [2.05, 4.69) is 12.1 Å². The van der Waals surface area contributed by atoms with E-state index >= 15 is 0 Å². The van der Waals surface area contributed by atoms with Gasteiger partial charge in [-0.25, -0.2) is 0 Å². The Balaban J connectivity index is 2.38. The monoisotopic (exact) mass is 249 g/mol. The standard InChI is InChI=1S/C15H23NO2/c1-17-14-10-13(11-5-3-4-6-11)15(18-2)9-12(14)7-8-16/h9-11H,3-8,16H2,1-2H3. The molecule has 0 bridgehead atoms. The van der Waals surface area contributed by atoms with E-state index < -0.39 is 0 Å². The highest BCUT2D eigenvalue weighted by atomic mass is 16.5. The Morgan fingerprint density at radius 3 is 2.33 bits per heavy atom. The summed E-state index contributed by atoms with van der Waals surface area (Å²) in [5.41, 5.74) is 8.08. The molecule has 2 N–H and O–H groups in total. The van der Waals surface area contributed by atoms with Crippen LogP contribution in [0.4, 0.5) is 0 Å². The Morgan fingerprint density at radius 1 is 1.11 bits per heavy atom. The van der Waals surface area contributed by atoms with Gasteiger partial charge in [-0.05, 0) is 49.4 Å². The summed E-state index contributed by atoms with van der Waals surface area (Å²) >= 11 is 0. The molecular weight excluding hydrogens is 226 g/mol. The average Bonchev–Trinajstić information content (AvgIpc) is 2.92. The molecule has 0 radical (unpaired) electrons. The fourth-order valence-corrected chi connectivity index (χ4v) is 2.89. The number of rotatable bonds is 5. The molecule has 1 aliphatic rings. The van der Waals surface area contributed by atoms with Crippen molar-refractivity contribution in [2.45, 2.75) is 38.0 Å². The van der Waals surface area contributed by atoms with Crippen molar-refractivity contribution in [3.05, 3.63) is 23.3 Å². The lowest BCUT2D eigenvalue weighted by Crippen LogP contribution is -2.06. The summed E-state index contributed by atoms with van der Waals surface area (Å²) in [6.07, 6.45) is 5.98. The molecular formula is C15H23NO2. The molecule has 0 amide bonds. The highest BCUT2D eigenvalue weighted by molar-refractivity contribution is 5.48. The second-order valence-electron chi connectivity index (χ2n) is 4.93. The van der Waals surface area contributed by atoms with Gasteiger partial charge in [0.15, 0.2) is 0 Å². The van der Waals surface area contributed by atoms with Crippen molar-refractivity contribution in [3.8, 4) is 11.5 Å². The molecule has 0 aliphatic heterocycles. The van der Waals surface area contributed by atoms with Crippen molar-refractivity contribution in [3.63, 3.8) is 0 Å². The summed E-state index contributed by atoms with van der Waals surface area (Å²) in [5.74, 6) is 2.56. The fraction of sp³-hybridized carbons (Fsp3) is 0.600. The van der Waals surface area contributed by atoms with E-state index in [-0.39, 0.29) is 0 Å². The van der Waals surface area contributed by atoms with Crippen molar-refractivity contribution in [2.75, 3.05) is 20.8 Å².